The zero-order valence-electron chi connectivity index (χ0n) is 13.7. The predicted octanol–water partition coefficient (Wildman–Crippen LogP) is 5.32. The molecule has 0 amide bonds. The van der Waals surface area contributed by atoms with E-state index in [0.717, 1.165) is 11.6 Å². The van der Waals surface area contributed by atoms with E-state index in [4.69, 9.17) is 0 Å². The van der Waals surface area contributed by atoms with Gasteiger partial charge in [0.15, 0.2) is 0 Å². The molecule has 0 fully saturated rings. The number of halogens is 3. The van der Waals surface area contributed by atoms with Gasteiger partial charge < -0.3 is 4.57 Å². The molecule has 25 heavy (non-hydrogen) atoms. The van der Waals surface area contributed by atoms with Gasteiger partial charge in [-0.15, -0.1) is 0 Å². The van der Waals surface area contributed by atoms with E-state index in [9.17, 15) is 13.2 Å². The largest absolute Gasteiger partial charge is 0.416 e. The van der Waals surface area contributed by atoms with Crippen LogP contribution in [0.5, 0.6) is 0 Å². The molecule has 0 atom stereocenters. The van der Waals surface area contributed by atoms with E-state index in [0.29, 0.717) is 23.5 Å². The summed E-state index contributed by atoms with van der Waals surface area (Å²) in [7, 11) is 0. The van der Waals surface area contributed by atoms with E-state index >= 15 is 0 Å². The fourth-order valence-corrected chi connectivity index (χ4v) is 2.88. The maximum absolute atomic E-state index is 13.2. The summed E-state index contributed by atoms with van der Waals surface area (Å²) in [6.07, 6.45) is -0.956. The lowest BCUT2D eigenvalue weighted by Gasteiger charge is -2.16. The van der Waals surface area contributed by atoms with Crippen molar-refractivity contribution >= 4 is 5.57 Å². The lowest BCUT2D eigenvalue weighted by atomic mass is 9.96. The molecule has 0 N–H and O–H groups in total. The summed E-state index contributed by atoms with van der Waals surface area (Å²) in [5, 5.41) is 0. The van der Waals surface area contributed by atoms with Gasteiger partial charge in [-0.3, -0.25) is 0 Å². The van der Waals surface area contributed by atoms with Crippen molar-refractivity contribution < 1.29 is 13.2 Å². The summed E-state index contributed by atoms with van der Waals surface area (Å²) in [6.45, 7) is 6.05. The third-order valence-electron chi connectivity index (χ3n) is 4.15. The van der Waals surface area contributed by atoms with E-state index in [2.05, 4.69) is 11.6 Å². The molecule has 128 valence electrons. The third-order valence-corrected chi connectivity index (χ3v) is 4.15. The van der Waals surface area contributed by atoms with Crippen molar-refractivity contribution in [3.8, 4) is 0 Å². The summed E-state index contributed by atoms with van der Waals surface area (Å²) >= 11 is 0. The Morgan fingerprint density at radius 3 is 2.48 bits per heavy atom. The Labute approximate surface area is 144 Å². The van der Waals surface area contributed by atoms with Crippen LogP contribution in [-0.2, 0) is 12.7 Å². The highest BCUT2D eigenvalue weighted by Gasteiger charge is 2.33. The van der Waals surface area contributed by atoms with Gasteiger partial charge in [-0.05, 0) is 29.7 Å². The first kappa shape index (κ1) is 17.0. The number of alkyl halides is 3. The van der Waals surface area contributed by atoms with Gasteiger partial charge in [0.05, 0.1) is 5.56 Å². The molecule has 2 aromatic carbocycles. The molecule has 1 heterocycles. The van der Waals surface area contributed by atoms with Crippen LogP contribution >= 0.6 is 0 Å². The number of hydrogen-bond acceptors (Lipinski definition) is 1. The van der Waals surface area contributed by atoms with Crippen LogP contribution in [0.2, 0.25) is 0 Å². The maximum atomic E-state index is 13.2. The summed E-state index contributed by atoms with van der Waals surface area (Å²) < 4.78 is 41.3. The highest BCUT2D eigenvalue weighted by atomic mass is 19.4. The van der Waals surface area contributed by atoms with Crippen molar-refractivity contribution in [1.29, 1.82) is 0 Å². The highest BCUT2D eigenvalue weighted by molar-refractivity contribution is 5.77. The molecule has 5 heteroatoms. The summed E-state index contributed by atoms with van der Waals surface area (Å²) in [5.41, 5.74) is 1.52. The average molecular weight is 342 g/mol. The number of benzene rings is 2. The van der Waals surface area contributed by atoms with Gasteiger partial charge in [-0.2, -0.15) is 13.2 Å². The topological polar surface area (TPSA) is 17.8 Å². The molecule has 2 nitrogen and oxygen atoms in total. The van der Waals surface area contributed by atoms with Gasteiger partial charge in [0.2, 0.25) is 0 Å². The first-order valence-electron chi connectivity index (χ1n) is 7.79. The molecular weight excluding hydrogens is 325 g/mol. The fourth-order valence-electron chi connectivity index (χ4n) is 2.88. The van der Waals surface area contributed by atoms with E-state index in [-0.39, 0.29) is 5.56 Å². The molecule has 0 aliphatic carbocycles. The van der Waals surface area contributed by atoms with Crippen molar-refractivity contribution in [2.24, 2.45) is 0 Å². The molecule has 0 aliphatic rings. The van der Waals surface area contributed by atoms with Crippen molar-refractivity contribution in [2.45, 2.75) is 19.6 Å². The van der Waals surface area contributed by atoms with Crippen molar-refractivity contribution in [1.82, 2.24) is 9.55 Å². The van der Waals surface area contributed by atoms with Crippen molar-refractivity contribution in [2.75, 3.05) is 0 Å². The minimum atomic E-state index is -4.39. The second-order valence-electron chi connectivity index (χ2n) is 5.82. The number of imidazole rings is 1. The van der Waals surface area contributed by atoms with Gasteiger partial charge >= 0.3 is 6.18 Å². The fraction of sp³-hybridized carbons (Fsp3) is 0.150. The highest BCUT2D eigenvalue weighted by Crippen LogP contribution is 2.35. The van der Waals surface area contributed by atoms with E-state index in [1.54, 1.807) is 18.5 Å². The quantitative estimate of drug-likeness (QED) is 0.627. The summed E-state index contributed by atoms with van der Waals surface area (Å²) in [5.74, 6) is 0.561. The zero-order chi connectivity index (χ0) is 18.0. The number of hydrogen-bond donors (Lipinski definition) is 0. The number of rotatable bonds is 4. The minimum Gasteiger partial charge on any atom is -0.327 e. The molecule has 0 unspecified atom stereocenters. The van der Waals surface area contributed by atoms with Crippen LogP contribution in [0.25, 0.3) is 5.57 Å². The van der Waals surface area contributed by atoms with E-state index in [1.807, 2.05) is 34.9 Å². The van der Waals surface area contributed by atoms with Crippen LogP contribution in [0.15, 0.2) is 67.5 Å². The van der Waals surface area contributed by atoms with Gasteiger partial charge in [0, 0.05) is 24.5 Å². The van der Waals surface area contributed by atoms with Gasteiger partial charge in [-0.1, -0.05) is 49.0 Å². The summed E-state index contributed by atoms with van der Waals surface area (Å²) in [6, 6.07) is 13.9. The van der Waals surface area contributed by atoms with E-state index in [1.165, 1.54) is 13.0 Å². The molecule has 1 aromatic heterocycles. The molecule has 3 rings (SSSR count). The Morgan fingerprint density at radius 2 is 1.80 bits per heavy atom. The van der Waals surface area contributed by atoms with Crippen molar-refractivity contribution in [3.05, 3.63) is 95.6 Å². The SMILES string of the molecule is C=C(c1cccc(C(F)(F)F)c1C)c1nccn1Cc1ccccc1. The smallest absolute Gasteiger partial charge is 0.327 e. The molecule has 0 aliphatic heterocycles. The van der Waals surface area contributed by atoms with Gasteiger partial charge in [-0.25, -0.2) is 4.98 Å². The molecule has 0 radical (unpaired) electrons. The monoisotopic (exact) mass is 342 g/mol. The predicted molar refractivity (Wildman–Crippen MR) is 92.1 cm³/mol. The number of aromatic nitrogens is 2. The molecule has 3 aromatic rings. The molecule has 0 spiro atoms. The Hall–Kier alpha value is -2.82. The van der Waals surface area contributed by atoms with Crippen LogP contribution in [0, 0.1) is 6.92 Å². The Bertz CT molecular complexity index is 893. The van der Waals surface area contributed by atoms with Crippen LogP contribution in [0.4, 0.5) is 13.2 Å². The Balaban J connectivity index is 1.97. The van der Waals surface area contributed by atoms with Crippen LogP contribution in [0.3, 0.4) is 0 Å². The minimum absolute atomic E-state index is 0.161. The second-order valence-corrected chi connectivity index (χ2v) is 5.82. The first-order valence-corrected chi connectivity index (χ1v) is 7.79. The van der Waals surface area contributed by atoms with Crippen LogP contribution in [0.1, 0.15) is 28.1 Å². The van der Waals surface area contributed by atoms with Crippen molar-refractivity contribution in [3.63, 3.8) is 0 Å². The lowest BCUT2D eigenvalue weighted by molar-refractivity contribution is -0.138. The average Bonchev–Trinajstić information content (AvgIpc) is 3.02. The first-order chi connectivity index (χ1) is 11.9. The van der Waals surface area contributed by atoms with Crippen LogP contribution in [-0.4, -0.2) is 9.55 Å². The zero-order valence-corrected chi connectivity index (χ0v) is 13.7. The normalized spacial score (nSPS) is 11.5. The standard InChI is InChI=1S/C20H17F3N2/c1-14-17(9-6-10-18(14)20(21,22)23)15(2)19-24-11-12-25(19)13-16-7-4-3-5-8-16/h3-12H,2,13H2,1H3. The second kappa shape index (κ2) is 6.59. The Kier molecular flexibility index (Phi) is 4.49. The van der Waals surface area contributed by atoms with Gasteiger partial charge in [0.25, 0.3) is 0 Å². The van der Waals surface area contributed by atoms with Crippen LogP contribution < -0.4 is 0 Å². The molecule has 0 saturated carbocycles. The third kappa shape index (κ3) is 3.50. The summed E-state index contributed by atoms with van der Waals surface area (Å²) in [4.78, 5) is 4.30. The number of nitrogens with zero attached hydrogens (tertiary/aromatic N) is 2. The molecule has 0 bridgehead atoms. The molecular formula is C20H17F3N2. The van der Waals surface area contributed by atoms with E-state index < -0.39 is 11.7 Å². The van der Waals surface area contributed by atoms with Gasteiger partial charge in [0.1, 0.15) is 5.82 Å². The lowest BCUT2D eigenvalue weighted by Crippen LogP contribution is -2.10. The maximum Gasteiger partial charge on any atom is 0.416 e. The Morgan fingerprint density at radius 1 is 1.08 bits per heavy atom. The molecule has 0 saturated heterocycles.